The van der Waals surface area contributed by atoms with E-state index in [-0.39, 0.29) is 0 Å². The largest absolute Gasteiger partial charge is 0.293 e. The van der Waals surface area contributed by atoms with Crippen LogP contribution in [-0.2, 0) is 5.41 Å². The Kier molecular flexibility index (Phi) is 5.04. The fourth-order valence-electron chi connectivity index (χ4n) is 8.80. The van der Waals surface area contributed by atoms with E-state index in [9.17, 15) is 0 Å². The molecule has 0 amide bonds. The Morgan fingerprint density at radius 1 is 0.417 bits per heavy atom. The van der Waals surface area contributed by atoms with Gasteiger partial charge < -0.3 is 0 Å². The van der Waals surface area contributed by atoms with E-state index >= 15 is 0 Å². The molecule has 0 aliphatic heterocycles. The Morgan fingerprint density at radius 2 is 1.00 bits per heavy atom. The van der Waals surface area contributed by atoms with Crippen molar-refractivity contribution < 1.29 is 0 Å². The molecule has 0 radical (unpaired) electrons. The van der Waals surface area contributed by atoms with Crippen molar-refractivity contribution in [3.63, 3.8) is 0 Å². The van der Waals surface area contributed by atoms with Crippen LogP contribution in [0.15, 0.2) is 164 Å². The van der Waals surface area contributed by atoms with Crippen molar-refractivity contribution in [1.29, 1.82) is 0 Å². The molecule has 2 heterocycles. The van der Waals surface area contributed by atoms with Crippen LogP contribution in [0.3, 0.4) is 0 Å². The van der Waals surface area contributed by atoms with E-state index in [1.165, 1.54) is 60.8 Å². The second kappa shape index (κ2) is 9.37. The maximum Gasteiger partial charge on any atom is 0.162 e. The molecule has 222 valence electrons. The first kappa shape index (κ1) is 25.8. The first-order valence-electron chi connectivity index (χ1n) is 16.5. The number of nitrogens with zero attached hydrogens (tertiary/aromatic N) is 3. The molecule has 3 heteroatoms. The lowest BCUT2D eigenvalue weighted by Gasteiger charge is -2.30. The van der Waals surface area contributed by atoms with Crippen molar-refractivity contribution in [3.05, 3.63) is 186 Å². The smallest absolute Gasteiger partial charge is 0.162 e. The Balaban J connectivity index is 1.35. The third-order valence-corrected chi connectivity index (χ3v) is 10.6. The summed E-state index contributed by atoms with van der Waals surface area (Å²) in [5.41, 5.74) is 14.3. The van der Waals surface area contributed by atoms with E-state index < -0.39 is 5.41 Å². The Bertz CT molecular complexity index is 2740. The van der Waals surface area contributed by atoms with E-state index in [1.807, 2.05) is 6.07 Å². The maximum absolute atomic E-state index is 5.41. The summed E-state index contributed by atoms with van der Waals surface area (Å²) in [5, 5.41) is 3.46. The molecule has 11 rings (SSSR count). The minimum absolute atomic E-state index is 0.419. The summed E-state index contributed by atoms with van der Waals surface area (Å²) < 4.78 is 2.42. The summed E-state index contributed by atoms with van der Waals surface area (Å²) in [4.78, 5) is 10.5. The number of fused-ring (bicyclic) bond motifs is 15. The standard InChI is InChI=1S/C45H27N3/c1-2-14-28(15-3-1)43-46-39-24-12-7-20-34(39)44(47-43)48-40-25-13-8-18-31(40)32-26-27-38-41(42(32)48)33-19-6-11-23-37(33)45(38)35-21-9-4-16-29(35)30-17-5-10-22-36(30)45/h1-27H. The van der Waals surface area contributed by atoms with Crippen LogP contribution in [0, 0.1) is 0 Å². The average molecular weight is 610 g/mol. The highest BCUT2D eigenvalue weighted by molar-refractivity contribution is 6.17. The molecule has 48 heavy (non-hydrogen) atoms. The normalized spacial score (nSPS) is 13.6. The average Bonchev–Trinajstić information content (AvgIpc) is 3.77. The molecule has 3 nitrogen and oxygen atoms in total. The molecule has 0 bridgehead atoms. The number of aromatic nitrogens is 3. The van der Waals surface area contributed by atoms with Gasteiger partial charge in [0.05, 0.1) is 22.0 Å². The van der Waals surface area contributed by atoms with E-state index in [4.69, 9.17) is 9.97 Å². The summed E-state index contributed by atoms with van der Waals surface area (Å²) in [5.74, 6) is 1.61. The van der Waals surface area contributed by atoms with Crippen LogP contribution >= 0.6 is 0 Å². The number of rotatable bonds is 2. The third kappa shape index (κ3) is 3.13. The van der Waals surface area contributed by atoms with Gasteiger partial charge in [-0.2, -0.15) is 0 Å². The molecule has 0 unspecified atom stereocenters. The van der Waals surface area contributed by atoms with Gasteiger partial charge in [0.2, 0.25) is 0 Å². The number of hydrogen-bond donors (Lipinski definition) is 0. The van der Waals surface area contributed by atoms with Gasteiger partial charge >= 0.3 is 0 Å². The second-order valence-electron chi connectivity index (χ2n) is 12.9. The van der Waals surface area contributed by atoms with Crippen molar-refractivity contribution in [2.45, 2.75) is 5.41 Å². The molecule has 2 aromatic heterocycles. The molecule has 9 aromatic rings. The van der Waals surface area contributed by atoms with Gasteiger partial charge in [-0.05, 0) is 57.1 Å². The van der Waals surface area contributed by atoms with Gasteiger partial charge in [0.1, 0.15) is 5.82 Å². The van der Waals surface area contributed by atoms with Crippen molar-refractivity contribution >= 4 is 32.7 Å². The van der Waals surface area contributed by atoms with Crippen LogP contribution < -0.4 is 0 Å². The van der Waals surface area contributed by atoms with Gasteiger partial charge in [-0.1, -0.05) is 146 Å². The van der Waals surface area contributed by atoms with E-state index in [0.717, 1.165) is 33.6 Å². The van der Waals surface area contributed by atoms with Crippen LogP contribution in [0.2, 0.25) is 0 Å². The highest BCUT2D eigenvalue weighted by Crippen LogP contribution is 2.64. The maximum atomic E-state index is 5.41. The quantitative estimate of drug-likeness (QED) is 0.195. The molecule has 0 N–H and O–H groups in total. The Hall–Kier alpha value is -6.32. The summed E-state index contributed by atoms with van der Waals surface area (Å²) in [6.07, 6.45) is 0. The van der Waals surface area contributed by atoms with Crippen LogP contribution in [0.5, 0.6) is 0 Å². The second-order valence-corrected chi connectivity index (χ2v) is 12.9. The van der Waals surface area contributed by atoms with Crippen LogP contribution in [0.4, 0.5) is 0 Å². The van der Waals surface area contributed by atoms with Crippen LogP contribution in [0.25, 0.3) is 72.2 Å². The van der Waals surface area contributed by atoms with E-state index in [1.54, 1.807) is 0 Å². The van der Waals surface area contributed by atoms with Gasteiger partial charge in [0.15, 0.2) is 5.82 Å². The first-order valence-corrected chi connectivity index (χ1v) is 16.5. The SMILES string of the molecule is c1ccc(-c2nc(-n3c4ccccc4c4ccc5c(c43)-c3ccccc3C53c4ccccc4-c4ccccc43)c3ccccc3n2)cc1. The number of hydrogen-bond acceptors (Lipinski definition) is 2. The fourth-order valence-corrected chi connectivity index (χ4v) is 8.80. The fraction of sp³-hybridized carbons (Fsp3) is 0.0222. The number of para-hydroxylation sites is 2. The molecule has 1 spiro atoms. The zero-order valence-corrected chi connectivity index (χ0v) is 25.9. The molecule has 2 aliphatic rings. The molecule has 0 saturated carbocycles. The summed E-state index contributed by atoms with van der Waals surface area (Å²) in [6, 6.07) is 59.3. The summed E-state index contributed by atoms with van der Waals surface area (Å²) in [6.45, 7) is 0. The van der Waals surface area contributed by atoms with Gasteiger partial charge in [-0.3, -0.25) is 4.57 Å². The topological polar surface area (TPSA) is 30.7 Å². The zero-order chi connectivity index (χ0) is 31.4. The van der Waals surface area contributed by atoms with Crippen LogP contribution in [-0.4, -0.2) is 14.5 Å². The van der Waals surface area contributed by atoms with Gasteiger partial charge in [0.25, 0.3) is 0 Å². The monoisotopic (exact) mass is 609 g/mol. The highest BCUT2D eigenvalue weighted by Gasteiger charge is 2.52. The zero-order valence-electron chi connectivity index (χ0n) is 25.9. The van der Waals surface area contributed by atoms with Gasteiger partial charge in [0, 0.05) is 27.3 Å². The van der Waals surface area contributed by atoms with E-state index in [0.29, 0.717) is 0 Å². The lowest BCUT2D eigenvalue weighted by molar-refractivity contribution is 0.794. The van der Waals surface area contributed by atoms with Crippen LogP contribution in [0.1, 0.15) is 22.3 Å². The molecule has 0 atom stereocenters. The first-order chi connectivity index (χ1) is 23.8. The molecule has 2 aliphatic carbocycles. The van der Waals surface area contributed by atoms with Crippen molar-refractivity contribution in [1.82, 2.24) is 14.5 Å². The highest BCUT2D eigenvalue weighted by atomic mass is 15.1. The van der Waals surface area contributed by atoms with Crippen molar-refractivity contribution in [2.75, 3.05) is 0 Å². The van der Waals surface area contributed by atoms with Gasteiger partial charge in [-0.15, -0.1) is 0 Å². The molecular formula is C45H27N3. The molecule has 7 aromatic carbocycles. The molecule has 0 fully saturated rings. The number of benzene rings is 7. The third-order valence-electron chi connectivity index (χ3n) is 10.6. The van der Waals surface area contributed by atoms with Crippen molar-refractivity contribution in [2.24, 2.45) is 0 Å². The molecule has 0 saturated heterocycles. The minimum atomic E-state index is -0.419. The molecular weight excluding hydrogens is 583 g/mol. The minimum Gasteiger partial charge on any atom is -0.293 e. The predicted molar refractivity (Wildman–Crippen MR) is 196 cm³/mol. The lowest BCUT2D eigenvalue weighted by Crippen LogP contribution is -2.25. The lowest BCUT2D eigenvalue weighted by atomic mass is 9.70. The summed E-state index contributed by atoms with van der Waals surface area (Å²) in [7, 11) is 0. The summed E-state index contributed by atoms with van der Waals surface area (Å²) >= 11 is 0. The predicted octanol–water partition coefficient (Wildman–Crippen LogP) is 10.7. The van der Waals surface area contributed by atoms with Crippen molar-refractivity contribution in [3.8, 4) is 39.5 Å². The Labute approximate surface area is 277 Å². The Morgan fingerprint density at radius 3 is 1.75 bits per heavy atom. The van der Waals surface area contributed by atoms with Gasteiger partial charge in [-0.25, -0.2) is 9.97 Å². The van der Waals surface area contributed by atoms with E-state index in [2.05, 4.69) is 162 Å².